The van der Waals surface area contributed by atoms with E-state index in [9.17, 15) is 0 Å². The summed E-state index contributed by atoms with van der Waals surface area (Å²) < 4.78 is 2.01. The van der Waals surface area contributed by atoms with E-state index in [4.69, 9.17) is 0 Å². The van der Waals surface area contributed by atoms with Gasteiger partial charge in [-0.15, -0.1) is 21.5 Å². The number of aryl methyl sites for hydroxylation is 3. The van der Waals surface area contributed by atoms with Crippen LogP contribution < -0.4 is 5.32 Å². The predicted octanol–water partition coefficient (Wildman–Crippen LogP) is 5.61. The molecule has 3 aromatic heterocycles. The van der Waals surface area contributed by atoms with Crippen molar-refractivity contribution in [1.29, 1.82) is 0 Å². The molecule has 0 amide bonds. The molecule has 0 aliphatic heterocycles. The third-order valence-electron chi connectivity index (χ3n) is 5.99. The summed E-state index contributed by atoms with van der Waals surface area (Å²) in [5.74, 6) is 2.49. The van der Waals surface area contributed by atoms with Gasteiger partial charge in [0.15, 0.2) is 5.82 Å². The number of thiophene rings is 1. The summed E-state index contributed by atoms with van der Waals surface area (Å²) in [6.07, 6.45) is 1.62. The highest BCUT2D eigenvalue weighted by Gasteiger charge is 2.23. The van der Waals surface area contributed by atoms with Gasteiger partial charge in [-0.3, -0.25) is 0 Å². The fourth-order valence-electron chi connectivity index (χ4n) is 3.86. The van der Waals surface area contributed by atoms with Gasteiger partial charge in [0.1, 0.15) is 28.8 Å². The molecule has 3 heterocycles. The van der Waals surface area contributed by atoms with Gasteiger partial charge in [-0.05, 0) is 43.0 Å². The maximum atomic E-state index is 4.66. The standard InChI is InChI=1S/C25H24N6S/c1-15-10-11-19(12-16(15)2)20-13-32-25-21(20)23(26-14-27-25)28-22(18-8-6-5-7-9-18)24-30-29-17(3)31(24)4/h5-14,22H,1-4H3,(H,26,27,28). The van der Waals surface area contributed by atoms with E-state index in [0.717, 1.165) is 38.8 Å². The maximum absolute atomic E-state index is 4.66. The summed E-state index contributed by atoms with van der Waals surface area (Å²) >= 11 is 1.63. The number of nitrogens with zero attached hydrogens (tertiary/aromatic N) is 5. The smallest absolute Gasteiger partial charge is 0.160 e. The van der Waals surface area contributed by atoms with E-state index in [-0.39, 0.29) is 6.04 Å². The Kier molecular flexibility index (Phi) is 5.19. The minimum atomic E-state index is -0.201. The molecule has 160 valence electrons. The number of anilines is 1. The number of hydrogen-bond donors (Lipinski definition) is 1. The molecule has 2 aromatic carbocycles. The molecular formula is C25H24N6S. The topological polar surface area (TPSA) is 68.5 Å². The van der Waals surface area contributed by atoms with Crippen molar-refractivity contribution in [3.63, 3.8) is 0 Å². The van der Waals surface area contributed by atoms with Crippen LogP contribution in [0.3, 0.4) is 0 Å². The Bertz CT molecular complexity index is 1400. The molecule has 0 saturated heterocycles. The Morgan fingerprint density at radius 1 is 0.938 bits per heavy atom. The Morgan fingerprint density at radius 2 is 1.75 bits per heavy atom. The lowest BCUT2D eigenvalue weighted by molar-refractivity contribution is 0.732. The van der Waals surface area contributed by atoms with Gasteiger partial charge in [0.2, 0.25) is 0 Å². The van der Waals surface area contributed by atoms with Crippen molar-refractivity contribution in [3.05, 3.63) is 88.6 Å². The van der Waals surface area contributed by atoms with E-state index in [0.29, 0.717) is 0 Å². The Labute approximate surface area is 191 Å². The first-order valence-electron chi connectivity index (χ1n) is 10.5. The second kappa shape index (κ2) is 8.16. The van der Waals surface area contributed by atoms with Crippen LogP contribution in [-0.2, 0) is 7.05 Å². The van der Waals surface area contributed by atoms with Gasteiger partial charge in [0, 0.05) is 18.0 Å². The van der Waals surface area contributed by atoms with Crippen molar-refractivity contribution in [2.24, 2.45) is 7.05 Å². The molecule has 5 rings (SSSR count). The first-order valence-corrected chi connectivity index (χ1v) is 11.4. The number of benzene rings is 2. The SMILES string of the molecule is Cc1ccc(-c2csc3ncnc(NC(c4ccccc4)c4nnc(C)n4C)c23)cc1C. The van der Waals surface area contributed by atoms with Crippen LogP contribution in [0.2, 0.25) is 0 Å². The van der Waals surface area contributed by atoms with Crippen LogP contribution in [0.1, 0.15) is 34.4 Å². The zero-order chi connectivity index (χ0) is 22.2. The molecule has 1 N–H and O–H groups in total. The summed E-state index contributed by atoms with van der Waals surface area (Å²) in [5, 5.41) is 15.6. The molecule has 0 radical (unpaired) electrons. The van der Waals surface area contributed by atoms with E-state index in [1.54, 1.807) is 17.7 Å². The van der Waals surface area contributed by atoms with Crippen molar-refractivity contribution in [2.75, 3.05) is 5.32 Å². The van der Waals surface area contributed by atoms with Crippen molar-refractivity contribution in [2.45, 2.75) is 26.8 Å². The monoisotopic (exact) mass is 440 g/mol. The van der Waals surface area contributed by atoms with Crippen molar-refractivity contribution in [1.82, 2.24) is 24.7 Å². The zero-order valence-corrected chi connectivity index (χ0v) is 19.3. The van der Waals surface area contributed by atoms with E-state index in [1.807, 2.05) is 36.7 Å². The molecular weight excluding hydrogens is 416 g/mol. The van der Waals surface area contributed by atoms with Crippen LogP contribution in [0.15, 0.2) is 60.2 Å². The molecule has 0 saturated carbocycles. The predicted molar refractivity (Wildman–Crippen MR) is 130 cm³/mol. The minimum Gasteiger partial charge on any atom is -0.356 e. The molecule has 5 aromatic rings. The lowest BCUT2D eigenvalue weighted by Gasteiger charge is -2.20. The molecule has 0 spiro atoms. The fourth-order valence-corrected chi connectivity index (χ4v) is 4.78. The minimum absolute atomic E-state index is 0.201. The number of hydrogen-bond acceptors (Lipinski definition) is 6. The molecule has 7 heteroatoms. The van der Waals surface area contributed by atoms with Crippen LogP contribution in [0, 0.1) is 20.8 Å². The Balaban J connectivity index is 1.65. The van der Waals surface area contributed by atoms with Crippen molar-refractivity contribution >= 4 is 27.4 Å². The average Bonchev–Trinajstić information content (AvgIpc) is 3.39. The number of fused-ring (bicyclic) bond motifs is 1. The molecule has 0 fully saturated rings. The third-order valence-corrected chi connectivity index (χ3v) is 6.87. The quantitative estimate of drug-likeness (QED) is 0.384. The first kappa shape index (κ1) is 20.3. The fraction of sp³-hybridized carbons (Fsp3) is 0.200. The highest BCUT2D eigenvalue weighted by molar-refractivity contribution is 7.17. The van der Waals surface area contributed by atoms with Crippen LogP contribution in [0.25, 0.3) is 21.3 Å². The summed E-state index contributed by atoms with van der Waals surface area (Å²) in [4.78, 5) is 10.2. The normalized spacial score (nSPS) is 12.2. The van der Waals surface area contributed by atoms with Gasteiger partial charge in [-0.25, -0.2) is 9.97 Å². The highest BCUT2D eigenvalue weighted by atomic mass is 32.1. The van der Waals surface area contributed by atoms with Crippen molar-refractivity contribution < 1.29 is 0 Å². The van der Waals surface area contributed by atoms with Crippen LogP contribution in [0.5, 0.6) is 0 Å². The Hall–Kier alpha value is -3.58. The van der Waals surface area contributed by atoms with Gasteiger partial charge in [0.25, 0.3) is 0 Å². The van der Waals surface area contributed by atoms with Gasteiger partial charge < -0.3 is 9.88 Å². The summed E-state index contributed by atoms with van der Waals surface area (Å²) in [7, 11) is 1.99. The highest BCUT2D eigenvalue weighted by Crippen LogP contribution is 2.38. The van der Waals surface area contributed by atoms with E-state index < -0.39 is 0 Å². The largest absolute Gasteiger partial charge is 0.356 e. The van der Waals surface area contributed by atoms with Crippen LogP contribution >= 0.6 is 11.3 Å². The lowest BCUT2D eigenvalue weighted by atomic mass is 10.0. The molecule has 0 aliphatic carbocycles. The van der Waals surface area contributed by atoms with E-state index in [2.05, 4.69) is 75.0 Å². The second-order valence-corrected chi connectivity index (χ2v) is 8.86. The van der Waals surface area contributed by atoms with Crippen molar-refractivity contribution in [3.8, 4) is 11.1 Å². The summed E-state index contributed by atoms with van der Waals surface area (Å²) in [6.45, 7) is 6.23. The summed E-state index contributed by atoms with van der Waals surface area (Å²) in [6, 6.07) is 16.6. The van der Waals surface area contributed by atoms with Gasteiger partial charge in [-0.2, -0.15) is 0 Å². The lowest BCUT2D eigenvalue weighted by Crippen LogP contribution is -2.18. The average molecular weight is 441 g/mol. The molecule has 6 nitrogen and oxygen atoms in total. The second-order valence-electron chi connectivity index (χ2n) is 8.00. The number of aromatic nitrogens is 5. The van der Waals surface area contributed by atoms with Gasteiger partial charge >= 0.3 is 0 Å². The number of nitrogens with one attached hydrogen (secondary N) is 1. The van der Waals surface area contributed by atoms with Gasteiger partial charge in [-0.1, -0.05) is 48.5 Å². The molecule has 0 bridgehead atoms. The van der Waals surface area contributed by atoms with Crippen LogP contribution in [-0.4, -0.2) is 24.7 Å². The molecule has 1 atom stereocenters. The maximum Gasteiger partial charge on any atom is 0.160 e. The Morgan fingerprint density at radius 3 is 2.47 bits per heavy atom. The van der Waals surface area contributed by atoms with E-state index >= 15 is 0 Å². The van der Waals surface area contributed by atoms with Crippen LogP contribution in [0.4, 0.5) is 5.82 Å². The summed E-state index contributed by atoms with van der Waals surface area (Å²) in [5.41, 5.74) is 5.95. The molecule has 1 unspecified atom stereocenters. The zero-order valence-electron chi connectivity index (χ0n) is 18.5. The molecule has 0 aliphatic rings. The van der Waals surface area contributed by atoms with Gasteiger partial charge in [0.05, 0.1) is 5.39 Å². The first-order chi connectivity index (χ1) is 15.5. The molecule has 32 heavy (non-hydrogen) atoms. The van der Waals surface area contributed by atoms with E-state index in [1.165, 1.54) is 16.7 Å². The third kappa shape index (κ3) is 3.54. The number of rotatable bonds is 5.